The van der Waals surface area contributed by atoms with Crippen molar-refractivity contribution in [1.82, 2.24) is 14.7 Å². The van der Waals surface area contributed by atoms with Crippen molar-refractivity contribution >= 4 is 11.6 Å². The molecule has 0 aromatic carbocycles. The second-order valence-electron chi connectivity index (χ2n) is 4.12. The fraction of sp³-hybridized carbons (Fsp3) is 0.333. The Bertz CT molecular complexity index is 546. The van der Waals surface area contributed by atoms with E-state index in [9.17, 15) is 4.79 Å². The van der Waals surface area contributed by atoms with Gasteiger partial charge in [0.1, 0.15) is 5.65 Å². The maximum Gasteiger partial charge on any atom is 0.251 e. The molecule has 0 aliphatic carbocycles. The van der Waals surface area contributed by atoms with Gasteiger partial charge in [0.15, 0.2) is 0 Å². The number of aliphatic hydroxyl groups is 1. The Balaban J connectivity index is 2.20. The Morgan fingerprint density at radius 1 is 1.65 bits per heavy atom. The third-order valence-electron chi connectivity index (χ3n) is 2.40. The first-order valence-electron chi connectivity index (χ1n) is 5.48. The van der Waals surface area contributed by atoms with Gasteiger partial charge in [-0.15, -0.1) is 0 Å². The lowest BCUT2D eigenvalue weighted by atomic mass is 10.2. The highest BCUT2D eigenvalue weighted by molar-refractivity contribution is 5.95. The van der Waals surface area contributed by atoms with E-state index in [0.717, 1.165) is 11.3 Å². The SMILES string of the molecule is Cc1cn2ccc(C(=O)NCC(C)O)cc2n1. The van der Waals surface area contributed by atoms with E-state index >= 15 is 0 Å². The highest BCUT2D eigenvalue weighted by Crippen LogP contribution is 2.07. The molecule has 1 amide bonds. The lowest BCUT2D eigenvalue weighted by molar-refractivity contribution is 0.0924. The predicted molar refractivity (Wildman–Crippen MR) is 63.9 cm³/mol. The van der Waals surface area contributed by atoms with Gasteiger partial charge in [0.2, 0.25) is 0 Å². The molecule has 17 heavy (non-hydrogen) atoms. The third kappa shape index (κ3) is 2.62. The average Bonchev–Trinajstić information content (AvgIpc) is 2.64. The summed E-state index contributed by atoms with van der Waals surface area (Å²) in [6.07, 6.45) is 3.15. The Labute approximate surface area is 99.1 Å². The summed E-state index contributed by atoms with van der Waals surface area (Å²) in [5, 5.41) is 11.7. The first-order valence-corrected chi connectivity index (χ1v) is 5.48. The summed E-state index contributed by atoms with van der Waals surface area (Å²) in [5.74, 6) is -0.200. The molecule has 2 aromatic heterocycles. The van der Waals surface area contributed by atoms with Crippen molar-refractivity contribution in [1.29, 1.82) is 0 Å². The van der Waals surface area contributed by atoms with E-state index in [4.69, 9.17) is 5.11 Å². The number of amides is 1. The van der Waals surface area contributed by atoms with Crippen molar-refractivity contribution < 1.29 is 9.90 Å². The summed E-state index contributed by atoms with van der Waals surface area (Å²) in [6, 6.07) is 3.45. The third-order valence-corrected chi connectivity index (χ3v) is 2.40. The van der Waals surface area contributed by atoms with Gasteiger partial charge in [-0.05, 0) is 26.0 Å². The van der Waals surface area contributed by atoms with Crippen LogP contribution in [0, 0.1) is 6.92 Å². The fourth-order valence-corrected chi connectivity index (χ4v) is 1.59. The lowest BCUT2D eigenvalue weighted by Crippen LogP contribution is -2.30. The second-order valence-corrected chi connectivity index (χ2v) is 4.12. The number of hydrogen-bond acceptors (Lipinski definition) is 3. The summed E-state index contributed by atoms with van der Waals surface area (Å²) in [6.45, 7) is 3.78. The molecule has 5 nitrogen and oxygen atoms in total. The van der Waals surface area contributed by atoms with E-state index in [1.807, 2.05) is 17.5 Å². The fourth-order valence-electron chi connectivity index (χ4n) is 1.59. The molecule has 0 saturated heterocycles. The number of aliphatic hydroxyl groups excluding tert-OH is 1. The summed E-state index contributed by atoms with van der Waals surface area (Å²) >= 11 is 0. The normalized spacial score (nSPS) is 12.6. The Hall–Kier alpha value is -1.88. The van der Waals surface area contributed by atoms with Crippen LogP contribution in [0.3, 0.4) is 0 Å². The molecule has 2 N–H and O–H groups in total. The summed E-state index contributed by atoms with van der Waals surface area (Å²) < 4.78 is 1.86. The first kappa shape index (κ1) is 11.6. The lowest BCUT2D eigenvalue weighted by Gasteiger charge is -2.07. The molecular formula is C12H15N3O2. The first-order chi connectivity index (χ1) is 8.06. The number of carbonyl (C=O) groups excluding carboxylic acids is 1. The summed E-state index contributed by atoms with van der Waals surface area (Å²) in [7, 11) is 0. The van der Waals surface area contributed by atoms with Gasteiger partial charge in [0, 0.05) is 24.5 Å². The minimum atomic E-state index is -0.545. The molecule has 0 bridgehead atoms. The minimum Gasteiger partial charge on any atom is -0.392 e. The van der Waals surface area contributed by atoms with Gasteiger partial charge in [-0.1, -0.05) is 0 Å². The zero-order valence-corrected chi connectivity index (χ0v) is 9.84. The van der Waals surface area contributed by atoms with Crippen LogP contribution >= 0.6 is 0 Å². The predicted octanol–water partition coefficient (Wildman–Crippen LogP) is 0.753. The van der Waals surface area contributed by atoms with Crippen LogP contribution in [0.15, 0.2) is 24.5 Å². The Morgan fingerprint density at radius 3 is 3.12 bits per heavy atom. The zero-order valence-electron chi connectivity index (χ0n) is 9.84. The minimum absolute atomic E-state index is 0.200. The molecule has 0 saturated carbocycles. The molecular weight excluding hydrogens is 218 g/mol. The molecule has 0 fully saturated rings. The number of fused-ring (bicyclic) bond motifs is 1. The molecule has 0 aliphatic heterocycles. The summed E-state index contributed by atoms with van der Waals surface area (Å²) in [4.78, 5) is 16.0. The molecule has 0 radical (unpaired) electrons. The van der Waals surface area contributed by atoms with Crippen molar-refractivity contribution in [3.8, 4) is 0 Å². The van der Waals surface area contributed by atoms with Crippen LogP contribution in [-0.4, -0.2) is 33.0 Å². The number of nitrogens with zero attached hydrogens (tertiary/aromatic N) is 2. The maximum absolute atomic E-state index is 11.7. The molecule has 0 aliphatic rings. The Kier molecular flexibility index (Phi) is 3.10. The van der Waals surface area contributed by atoms with Crippen molar-refractivity contribution in [2.75, 3.05) is 6.54 Å². The molecule has 0 spiro atoms. The van der Waals surface area contributed by atoms with E-state index in [1.165, 1.54) is 0 Å². The van der Waals surface area contributed by atoms with Crippen LogP contribution in [0.1, 0.15) is 23.0 Å². The van der Waals surface area contributed by atoms with Crippen molar-refractivity contribution in [3.63, 3.8) is 0 Å². The zero-order chi connectivity index (χ0) is 12.4. The van der Waals surface area contributed by atoms with E-state index in [-0.39, 0.29) is 12.5 Å². The molecule has 1 unspecified atom stereocenters. The number of imidazole rings is 1. The molecule has 1 atom stereocenters. The topological polar surface area (TPSA) is 66.6 Å². The van der Waals surface area contributed by atoms with Crippen molar-refractivity contribution in [2.45, 2.75) is 20.0 Å². The van der Waals surface area contributed by atoms with E-state index in [1.54, 1.807) is 25.3 Å². The van der Waals surface area contributed by atoms with Crippen LogP contribution in [0.2, 0.25) is 0 Å². The Morgan fingerprint density at radius 2 is 2.41 bits per heavy atom. The van der Waals surface area contributed by atoms with E-state index < -0.39 is 6.10 Å². The maximum atomic E-state index is 11.7. The molecule has 5 heteroatoms. The highest BCUT2D eigenvalue weighted by atomic mass is 16.3. The highest BCUT2D eigenvalue weighted by Gasteiger charge is 2.08. The molecule has 2 aromatic rings. The van der Waals surface area contributed by atoms with Gasteiger partial charge < -0.3 is 14.8 Å². The summed E-state index contributed by atoms with van der Waals surface area (Å²) in [5.41, 5.74) is 2.20. The smallest absolute Gasteiger partial charge is 0.251 e. The van der Waals surface area contributed by atoms with E-state index in [0.29, 0.717) is 5.56 Å². The molecule has 2 rings (SSSR count). The second kappa shape index (κ2) is 4.55. The van der Waals surface area contributed by atoms with Crippen LogP contribution in [0.5, 0.6) is 0 Å². The number of rotatable bonds is 3. The largest absolute Gasteiger partial charge is 0.392 e. The number of hydrogen-bond donors (Lipinski definition) is 2. The van der Waals surface area contributed by atoms with Crippen molar-refractivity contribution in [2.24, 2.45) is 0 Å². The van der Waals surface area contributed by atoms with E-state index in [2.05, 4.69) is 10.3 Å². The number of carbonyl (C=O) groups is 1. The van der Waals surface area contributed by atoms with Crippen LogP contribution in [0.4, 0.5) is 0 Å². The number of aromatic nitrogens is 2. The quantitative estimate of drug-likeness (QED) is 0.822. The van der Waals surface area contributed by atoms with Crippen LogP contribution < -0.4 is 5.32 Å². The van der Waals surface area contributed by atoms with Crippen molar-refractivity contribution in [3.05, 3.63) is 35.8 Å². The van der Waals surface area contributed by atoms with Crippen LogP contribution in [0.25, 0.3) is 5.65 Å². The van der Waals surface area contributed by atoms with Crippen LogP contribution in [-0.2, 0) is 0 Å². The monoisotopic (exact) mass is 233 g/mol. The van der Waals surface area contributed by atoms with Gasteiger partial charge in [-0.2, -0.15) is 0 Å². The van der Waals surface area contributed by atoms with Gasteiger partial charge >= 0.3 is 0 Å². The standard InChI is InChI=1S/C12H15N3O2/c1-8-7-15-4-3-10(5-11(15)14-8)12(17)13-6-9(2)16/h3-5,7,9,16H,6H2,1-2H3,(H,13,17). The van der Waals surface area contributed by atoms with Gasteiger partial charge in [0.25, 0.3) is 5.91 Å². The van der Waals surface area contributed by atoms with Gasteiger partial charge in [-0.3, -0.25) is 4.79 Å². The average molecular weight is 233 g/mol. The van der Waals surface area contributed by atoms with Gasteiger partial charge in [-0.25, -0.2) is 4.98 Å². The number of pyridine rings is 1. The number of nitrogens with one attached hydrogen (secondary N) is 1. The molecule has 2 heterocycles. The molecule has 90 valence electrons. The number of aryl methyl sites for hydroxylation is 1. The van der Waals surface area contributed by atoms with Gasteiger partial charge in [0.05, 0.1) is 11.8 Å².